The van der Waals surface area contributed by atoms with Crippen LogP contribution >= 0.6 is 11.3 Å². The van der Waals surface area contributed by atoms with E-state index >= 15 is 0 Å². The highest BCUT2D eigenvalue weighted by Crippen LogP contribution is 2.24. The lowest BCUT2D eigenvalue weighted by atomic mass is 10.2. The fourth-order valence-corrected chi connectivity index (χ4v) is 3.16. The smallest absolute Gasteiger partial charge is 0.187 e. The van der Waals surface area contributed by atoms with Gasteiger partial charge in [-0.15, -0.1) is 11.3 Å². The van der Waals surface area contributed by atoms with Crippen LogP contribution in [0, 0.1) is 6.92 Å². The van der Waals surface area contributed by atoms with E-state index in [4.69, 9.17) is 0 Å². The number of β-amino-alcohol motifs (C(OH)–C–C–N with tert-alkyl or cyclic N) is 1. The summed E-state index contributed by atoms with van der Waals surface area (Å²) in [6, 6.07) is 8.21. The quantitative estimate of drug-likeness (QED) is 0.908. The number of nitrogens with zero attached hydrogens (tertiary/aromatic N) is 2. The Morgan fingerprint density at radius 1 is 1.45 bits per heavy atom. The highest BCUT2D eigenvalue weighted by Gasteiger charge is 2.20. The van der Waals surface area contributed by atoms with Crippen molar-refractivity contribution in [1.29, 1.82) is 0 Å². The highest BCUT2D eigenvalue weighted by atomic mass is 32.1. The summed E-state index contributed by atoms with van der Waals surface area (Å²) < 4.78 is 0. The van der Waals surface area contributed by atoms with Gasteiger partial charge in [-0.3, -0.25) is 4.90 Å². The number of hydrogen-bond acceptors (Lipinski definition) is 5. The van der Waals surface area contributed by atoms with Gasteiger partial charge >= 0.3 is 0 Å². The maximum Gasteiger partial charge on any atom is 0.187 e. The Kier molecular flexibility index (Phi) is 4.00. The molecule has 1 unspecified atom stereocenters. The van der Waals surface area contributed by atoms with Crippen LogP contribution in [0.25, 0.3) is 0 Å². The Morgan fingerprint density at radius 2 is 2.30 bits per heavy atom. The van der Waals surface area contributed by atoms with Crippen LogP contribution in [0.2, 0.25) is 0 Å². The molecular formula is C15H19N3OS. The summed E-state index contributed by atoms with van der Waals surface area (Å²) in [4.78, 5) is 6.87. The Bertz CT molecular complexity index is 584. The number of anilines is 2. The molecule has 1 aromatic carbocycles. The molecule has 1 fully saturated rings. The first-order valence-corrected chi connectivity index (χ1v) is 7.76. The van der Waals surface area contributed by atoms with Gasteiger partial charge in [0.05, 0.1) is 11.8 Å². The number of aliphatic hydroxyl groups is 1. The molecule has 20 heavy (non-hydrogen) atoms. The summed E-state index contributed by atoms with van der Waals surface area (Å²) in [6.45, 7) is 4.63. The minimum atomic E-state index is -0.168. The largest absolute Gasteiger partial charge is 0.392 e. The van der Waals surface area contributed by atoms with Crippen LogP contribution in [0.15, 0.2) is 29.6 Å². The molecule has 106 valence electrons. The van der Waals surface area contributed by atoms with Crippen molar-refractivity contribution in [1.82, 2.24) is 9.88 Å². The van der Waals surface area contributed by atoms with Crippen molar-refractivity contribution >= 4 is 22.2 Å². The summed E-state index contributed by atoms with van der Waals surface area (Å²) in [5.74, 6) is 0. The van der Waals surface area contributed by atoms with E-state index in [1.807, 2.05) is 12.1 Å². The average Bonchev–Trinajstić information content (AvgIpc) is 3.02. The number of rotatable bonds is 4. The van der Waals surface area contributed by atoms with E-state index in [0.717, 1.165) is 42.6 Å². The number of thiazole rings is 1. The average molecular weight is 289 g/mol. The zero-order valence-corrected chi connectivity index (χ0v) is 12.4. The van der Waals surface area contributed by atoms with Gasteiger partial charge in [0.15, 0.2) is 5.13 Å². The van der Waals surface area contributed by atoms with E-state index in [9.17, 15) is 5.11 Å². The van der Waals surface area contributed by atoms with E-state index in [1.54, 1.807) is 11.3 Å². The number of hydrogen-bond donors (Lipinski definition) is 2. The SMILES string of the molecule is Cc1ccccc1Nc1nc(CN2CCC(O)C2)cs1. The van der Waals surface area contributed by atoms with E-state index in [0.29, 0.717) is 0 Å². The molecule has 4 nitrogen and oxygen atoms in total. The van der Waals surface area contributed by atoms with E-state index in [1.165, 1.54) is 5.56 Å². The molecule has 0 bridgehead atoms. The molecule has 1 aliphatic heterocycles. The summed E-state index contributed by atoms with van der Waals surface area (Å²) in [5.41, 5.74) is 3.39. The van der Waals surface area contributed by atoms with Crippen LogP contribution in [-0.2, 0) is 6.54 Å². The molecule has 2 N–H and O–H groups in total. The van der Waals surface area contributed by atoms with Crippen molar-refractivity contribution < 1.29 is 5.11 Å². The number of benzene rings is 1. The lowest BCUT2D eigenvalue weighted by molar-refractivity contribution is 0.174. The van der Waals surface area contributed by atoms with Crippen molar-refractivity contribution in [2.45, 2.75) is 26.0 Å². The van der Waals surface area contributed by atoms with Crippen LogP contribution in [0.3, 0.4) is 0 Å². The van der Waals surface area contributed by atoms with Gasteiger partial charge in [0.2, 0.25) is 0 Å². The second kappa shape index (κ2) is 5.91. The number of nitrogens with one attached hydrogen (secondary N) is 1. The van der Waals surface area contributed by atoms with Gasteiger partial charge in [-0.05, 0) is 25.0 Å². The molecule has 0 saturated carbocycles. The maximum atomic E-state index is 9.54. The van der Waals surface area contributed by atoms with Gasteiger partial charge in [-0.1, -0.05) is 18.2 Å². The van der Waals surface area contributed by atoms with Crippen molar-refractivity contribution in [3.63, 3.8) is 0 Å². The van der Waals surface area contributed by atoms with Crippen molar-refractivity contribution in [2.24, 2.45) is 0 Å². The highest BCUT2D eigenvalue weighted by molar-refractivity contribution is 7.13. The van der Waals surface area contributed by atoms with Crippen molar-refractivity contribution in [2.75, 3.05) is 18.4 Å². The second-order valence-electron chi connectivity index (χ2n) is 5.26. The molecule has 2 aromatic rings. The fraction of sp³-hybridized carbons (Fsp3) is 0.400. The van der Waals surface area contributed by atoms with Crippen LogP contribution in [0.5, 0.6) is 0 Å². The third kappa shape index (κ3) is 3.17. The monoisotopic (exact) mass is 289 g/mol. The third-order valence-corrected chi connectivity index (χ3v) is 4.38. The molecule has 0 spiro atoms. The molecule has 0 amide bonds. The first-order chi connectivity index (χ1) is 9.70. The van der Waals surface area contributed by atoms with Crippen molar-refractivity contribution in [3.05, 3.63) is 40.9 Å². The van der Waals surface area contributed by atoms with E-state index in [-0.39, 0.29) is 6.10 Å². The molecule has 1 saturated heterocycles. The lowest BCUT2D eigenvalue weighted by Gasteiger charge is -2.12. The lowest BCUT2D eigenvalue weighted by Crippen LogP contribution is -2.21. The number of aryl methyl sites for hydroxylation is 1. The van der Waals surface area contributed by atoms with Gasteiger partial charge < -0.3 is 10.4 Å². The minimum absolute atomic E-state index is 0.168. The molecule has 3 rings (SSSR count). The topological polar surface area (TPSA) is 48.4 Å². The number of para-hydroxylation sites is 1. The predicted octanol–water partition coefficient (Wildman–Crippen LogP) is 2.76. The Morgan fingerprint density at radius 3 is 3.05 bits per heavy atom. The first kappa shape index (κ1) is 13.5. The minimum Gasteiger partial charge on any atom is -0.392 e. The second-order valence-corrected chi connectivity index (χ2v) is 6.12. The van der Waals surface area contributed by atoms with Gasteiger partial charge in [0.1, 0.15) is 0 Å². The predicted molar refractivity (Wildman–Crippen MR) is 82.5 cm³/mol. The third-order valence-electron chi connectivity index (χ3n) is 3.57. The summed E-state index contributed by atoms with van der Waals surface area (Å²) in [5, 5.41) is 15.9. The molecular weight excluding hydrogens is 270 g/mol. The van der Waals surface area contributed by atoms with E-state index < -0.39 is 0 Å². The molecule has 0 aliphatic carbocycles. The number of likely N-dealkylation sites (tertiary alicyclic amines) is 1. The molecule has 2 heterocycles. The van der Waals surface area contributed by atoms with Crippen molar-refractivity contribution in [3.8, 4) is 0 Å². The molecule has 0 radical (unpaired) electrons. The van der Waals surface area contributed by atoms with Crippen LogP contribution in [0.1, 0.15) is 17.7 Å². The van der Waals surface area contributed by atoms with Crippen LogP contribution < -0.4 is 5.32 Å². The summed E-state index contributed by atoms with van der Waals surface area (Å²) in [6.07, 6.45) is 0.705. The summed E-state index contributed by atoms with van der Waals surface area (Å²) >= 11 is 1.63. The molecule has 1 aliphatic rings. The molecule has 1 aromatic heterocycles. The van der Waals surface area contributed by atoms with Crippen LogP contribution in [0.4, 0.5) is 10.8 Å². The van der Waals surface area contributed by atoms with Gasteiger partial charge in [-0.2, -0.15) is 0 Å². The zero-order valence-electron chi connectivity index (χ0n) is 11.5. The standard InChI is InChI=1S/C15H19N3OS/c1-11-4-2-3-5-14(11)17-15-16-12(10-20-15)8-18-7-6-13(19)9-18/h2-5,10,13,19H,6-9H2,1H3,(H,16,17). The first-order valence-electron chi connectivity index (χ1n) is 6.88. The van der Waals surface area contributed by atoms with Crippen LogP contribution in [-0.4, -0.2) is 34.2 Å². The molecule has 1 atom stereocenters. The van der Waals surface area contributed by atoms with Gasteiger partial charge in [0.25, 0.3) is 0 Å². The van der Waals surface area contributed by atoms with Gasteiger partial charge in [0, 0.05) is 30.7 Å². The maximum absolute atomic E-state index is 9.54. The van der Waals surface area contributed by atoms with E-state index in [2.05, 4.69) is 39.6 Å². The Labute approximate surface area is 123 Å². The number of aliphatic hydroxyl groups excluding tert-OH is 1. The number of aromatic nitrogens is 1. The van der Waals surface area contributed by atoms with Gasteiger partial charge in [-0.25, -0.2) is 4.98 Å². The molecule has 5 heteroatoms. The normalized spacial score (nSPS) is 19.4. The Balaban J connectivity index is 1.63. The fourth-order valence-electron chi connectivity index (χ4n) is 2.45. The Hall–Kier alpha value is -1.43. The summed E-state index contributed by atoms with van der Waals surface area (Å²) in [7, 11) is 0. The zero-order chi connectivity index (χ0) is 13.9.